The molecule has 2 aromatic carbocycles. The number of benzene rings is 2. The molecule has 0 atom stereocenters. The molecule has 1 saturated heterocycles. The van der Waals surface area contributed by atoms with Crippen LogP contribution in [-0.4, -0.2) is 48.2 Å². The van der Waals surface area contributed by atoms with Gasteiger partial charge in [0.15, 0.2) is 17.2 Å². The van der Waals surface area contributed by atoms with Crippen molar-refractivity contribution in [3.8, 4) is 23.0 Å². The van der Waals surface area contributed by atoms with Gasteiger partial charge in [0.05, 0.1) is 30.9 Å². The molecule has 0 bridgehead atoms. The number of aromatic hydroxyl groups is 1. The van der Waals surface area contributed by atoms with Crippen molar-refractivity contribution in [3.63, 3.8) is 0 Å². The number of hydrogen-bond donors (Lipinski definition) is 2. The molecule has 0 radical (unpaired) electrons. The fraction of sp³-hybridized carbons (Fsp3) is 0.261. The summed E-state index contributed by atoms with van der Waals surface area (Å²) < 4.78 is 16.1. The Morgan fingerprint density at radius 1 is 1.09 bits per heavy atom. The highest BCUT2D eigenvalue weighted by Crippen LogP contribution is 2.38. The Balaban J connectivity index is 2.05. The minimum Gasteiger partial charge on any atom is -0.500 e. The third kappa shape index (κ3) is 5.16. The van der Waals surface area contributed by atoms with Gasteiger partial charge in [0, 0.05) is 12.1 Å². The number of phenolic OH excluding ortho intramolecular Hbond substituents is 1. The minimum atomic E-state index is -0.987. The molecule has 0 aliphatic carbocycles. The van der Waals surface area contributed by atoms with E-state index < -0.39 is 39.8 Å². The Kier molecular flexibility index (Phi) is 7.54. The van der Waals surface area contributed by atoms with E-state index in [2.05, 4.69) is 5.32 Å². The van der Waals surface area contributed by atoms with Crippen molar-refractivity contribution >= 4 is 35.3 Å². The van der Waals surface area contributed by atoms with Crippen LogP contribution in [0, 0.1) is 10.1 Å². The van der Waals surface area contributed by atoms with E-state index in [1.807, 2.05) is 6.92 Å². The zero-order valence-corrected chi connectivity index (χ0v) is 19.2. The molecule has 1 fully saturated rings. The van der Waals surface area contributed by atoms with Gasteiger partial charge in [-0.15, -0.1) is 0 Å². The number of imide groups is 2. The van der Waals surface area contributed by atoms with E-state index in [1.165, 1.54) is 25.3 Å². The Morgan fingerprint density at radius 2 is 1.83 bits per heavy atom. The molecule has 12 nitrogen and oxygen atoms in total. The summed E-state index contributed by atoms with van der Waals surface area (Å²) in [6.45, 7) is 4.44. The van der Waals surface area contributed by atoms with Crippen molar-refractivity contribution in [1.82, 2.24) is 5.32 Å². The summed E-state index contributed by atoms with van der Waals surface area (Å²) in [5, 5.41) is 23.3. The van der Waals surface area contributed by atoms with Gasteiger partial charge in [-0.2, -0.15) is 0 Å². The van der Waals surface area contributed by atoms with E-state index in [4.69, 9.17) is 14.2 Å². The standard InChI is InChI=1S/C23H23N3O9/c1-4-8-35-17-7-6-14(12-18(17)34-5-2)25-22(29)15(21(28)24-23(25)30)9-13-10-16(26(31)32)20(27)19(11-13)33-3/h6-7,9-12,27H,4-5,8H2,1-3H3,(H,24,28,30)/b15-9+. The van der Waals surface area contributed by atoms with Gasteiger partial charge in [0.25, 0.3) is 11.8 Å². The first-order valence-corrected chi connectivity index (χ1v) is 10.6. The van der Waals surface area contributed by atoms with Crippen LogP contribution in [0.1, 0.15) is 25.8 Å². The van der Waals surface area contributed by atoms with E-state index >= 15 is 0 Å². The number of nitro benzene ring substituents is 1. The lowest BCUT2D eigenvalue weighted by molar-refractivity contribution is -0.386. The van der Waals surface area contributed by atoms with Crippen LogP contribution in [0.3, 0.4) is 0 Å². The van der Waals surface area contributed by atoms with Crippen LogP contribution in [0.15, 0.2) is 35.9 Å². The Morgan fingerprint density at radius 3 is 2.46 bits per heavy atom. The van der Waals surface area contributed by atoms with E-state index in [-0.39, 0.29) is 17.0 Å². The van der Waals surface area contributed by atoms with Crippen molar-refractivity contribution in [3.05, 3.63) is 51.6 Å². The van der Waals surface area contributed by atoms with Crippen molar-refractivity contribution in [1.29, 1.82) is 0 Å². The maximum absolute atomic E-state index is 13.2. The Labute approximate surface area is 199 Å². The topological polar surface area (TPSA) is 158 Å². The average Bonchev–Trinajstić information content (AvgIpc) is 2.82. The second-order valence-electron chi connectivity index (χ2n) is 7.22. The first-order valence-electron chi connectivity index (χ1n) is 10.6. The van der Waals surface area contributed by atoms with Gasteiger partial charge in [-0.25, -0.2) is 9.69 Å². The summed E-state index contributed by atoms with van der Waals surface area (Å²) in [6, 6.07) is 5.66. The second kappa shape index (κ2) is 10.5. The van der Waals surface area contributed by atoms with Crippen LogP contribution in [0.2, 0.25) is 0 Å². The number of amides is 4. The summed E-state index contributed by atoms with van der Waals surface area (Å²) in [4.78, 5) is 49.4. The number of ether oxygens (including phenoxy) is 3. The number of rotatable bonds is 9. The summed E-state index contributed by atoms with van der Waals surface area (Å²) in [7, 11) is 1.19. The molecule has 0 saturated carbocycles. The number of nitro groups is 1. The predicted molar refractivity (Wildman–Crippen MR) is 124 cm³/mol. The van der Waals surface area contributed by atoms with Crippen LogP contribution in [0.5, 0.6) is 23.0 Å². The van der Waals surface area contributed by atoms with Crippen molar-refractivity contribution in [2.45, 2.75) is 20.3 Å². The number of urea groups is 1. The van der Waals surface area contributed by atoms with Gasteiger partial charge >= 0.3 is 11.7 Å². The highest BCUT2D eigenvalue weighted by molar-refractivity contribution is 6.39. The van der Waals surface area contributed by atoms with Crippen molar-refractivity contribution in [2.75, 3.05) is 25.2 Å². The fourth-order valence-electron chi connectivity index (χ4n) is 3.29. The van der Waals surface area contributed by atoms with Crippen LogP contribution >= 0.6 is 0 Å². The molecular formula is C23H23N3O9. The first-order chi connectivity index (χ1) is 16.7. The molecule has 1 aliphatic rings. The quantitative estimate of drug-likeness (QED) is 0.235. The second-order valence-corrected chi connectivity index (χ2v) is 7.22. The molecule has 2 aromatic rings. The minimum absolute atomic E-state index is 0.0254. The molecule has 3 rings (SSSR count). The molecule has 12 heteroatoms. The van der Waals surface area contributed by atoms with Crippen LogP contribution in [0.25, 0.3) is 6.08 Å². The summed E-state index contributed by atoms with van der Waals surface area (Å²) in [6.07, 6.45) is 1.82. The van der Waals surface area contributed by atoms with Crippen LogP contribution < -0.4 is 24.4 Å². The number of nitrogens with one attached hydrogen (secondary N) is 1. The molecule has 1 aliphatic heterocycles. The number of methoxy groups -OCH3 is 1. The zero-order valence-electron chi connectivity index (χ0n) is 19.2. The molecule has 1 heterocycles. The summed E-state index contributed by atoms with van der Waals surface area (Å²) >= 11 is 0. The third-order valence-corrected chi connectivity index (χ3v) is 4.85. The van der Waals surface area contributed by atoms with Gasteiger partial charge in [-0.05, 0) is 43.2 Å². The van der Waals surface area contributed by atoms with Crippen LogP contribution in [-0.2, 0) is 9.59 Å². The largest absolute Gasteiger partial charge is 0.500 e. The van der Waals surface area contributed by atoms with Gasteiger partial charge in [-0.1, -0.05) is 6.92 Å². The molecule has 2 N–H and O–H groups in total. The van der Waals surface area contributed by atoms with Crippen LogP contribution in [0.4, 0.5) is 16.2 Å². The van der Waals surface area contributed by atoms with Crippen molar-refractivity contribution < 1.29 is 38.6 Å². The summed E-state index contributed by atoms with van der Waals surface area (Å²) in [5.41, 5.74) is -1.00. The fourth-order valence-corrected chi connectivity index (χ4v) is 3.29. The van der Waals surface area contributed by atoms with E-state index in [9.17, 15) is 29.6 Å². The normalized spacial score (nSPS) is 14.7. The maximum atomic E-state index is 13.2. The molecule has 0 aromatic heterocycles. The predicted octanol–water partition coefficient (Wildman–Crippen LogP) is 3.16. The molecule has 35 heavy (non-hydrogen) atoms. The molecule has 184 valence electrons. The van der Waals surface area contributed by atoms with Gasteiger partial charge in [-0.3, -0.25) is 25.0 Å². The molecule has 0 spiro atoms. The number of carbonyl (C=O) groups is 3. The Bertz CT molecular complexity index is 1220. The highest BCUT2D eigenvalue weighted by atomic mass is 16.6. The van der Waals surface area contributed by atoms with Gasteiger partial charge in [0.1, 0.15) is 5.57 Å². The number of hydrogen-bond acceptors (Lipinski definition) is 9. The number of barbiturate groups is 1. The van der Waals surface area contributed by atoms with E-state index in [0.717, 1.165) is 23.5 Å². The third-order valence-electron chi connectivity index (χ3n) is 4.85. The number of carbonyl (C=O) groups excluding carboxylic acids is 3. The van der Waals surface area contributed by atoms with E-state index in [1.54, 1.807) is 13.0 Å². The van der Waals surface area contributed by atoms with Gasteiger partial charge < -0.3 is 19.3 Å². The smallest absolute Gasteiger partial charge is 0.335 e. The average molecular weight is 485 g/mol. The molecule has 0 unspecified atom stereocenters. The lowest BCUT2D eigenvalue weighted by Gasteiger charge is -2.27. The maximum Gasteiger partial charge on any atom is 0.335 e. The van der Waals surface area contributed by atoms with E-state index in [0.29, 0.717) is 24.7 Å². The number of phenols is 1. The lowest BCUT2D eigenvalue weighted by Crippen LogP contribution is -2.54. The lowest BCUT2D eigenvalue weighted by atomic mass is 10.1. The molecular weight excluding hydrogens is 462 g/mol. The van der Waals surface area contributed by atoms with Crippen molar-refractivity contribution in [2.24, 2.45) is 0 Å². The summed E-state index contributed by atoms with van der Waals surface area (Å²) in [5.74, 6) is -2.15. The monoisotopic (exact) mass is 485 g/mol. The van der Waals surface area contributed by atoms with Gasteiger partial charge in [0.2, 0.25) is 5.75 Å². The first kappa shape index (κ1) is 25.0. The Hall–Kier alpha value is -4.61. The number of nitrogens with zero attached hydrogens (tertiary/aromatic N) is 2. The zero-order chi connectivity index (χ0) is 25.7. The number of anilines is 1. The highest BCUT2D eigenvalue weighted by Gasteiger charge is 2.37. The SMILES string of the molecule is CCCOc1ccc(N2C(=O)NC(=O)/C(=C\c3cc(OC)c(O)c([N+](=O)[O-])c3)C2=O)cc1OCC. The molecule has 4 amide bonds.